The average molecular weight is 233 g/mol. The van der Waals surface area contributed by atoms with Gasteiger partial charge in [0.1, 0.15) is 0 Å². The number of benzene rings is 1. The molecule has 2 rings (SSSR count). The highest BCUT2D eigenvalue weighted by atomic mass is 15.1. The molecule has 0 aromatic heterocycles. The molecular weight excluding hydrogens is 210 g/mol. The normalized spacial score (nSPS) is 18.2. The van der Waals surface area contributed by atoms with Gasteiger partial charge in [0.2, 0.25) is 0 Å². The monoisotopic (exact) mass is 233 g/mol. The summed E-state index contributed by atoms with van der Waals surface area (Å²) in [4.78, 5) is 2.38. The summed E-state index contributed by atoms with van der Waals surface area (Å²) in [6, 6.07) is 6.93. The molecule has 1 aliphatic rings. The Morgan fingerprint density at radius 2 is 2.06 bits per heavy atom. The topological polar surface area (TPSA) is 41.3 Å². The fourth-order valence-corrected chi connectivity index (χ4v) is 2.34. The Morgan fingerprint density at radius 3 is 2.65 bits per heavy atom. The van der Waals surface area contributed by atoms with Crippen molar-refractivity contribution in [1.29, 1.82) is 0 Å². The van der Waals surface area contributed by atoms with Gasteiger partial charge in [0.15, 0.2) is 0 Å². The third-order valence-electron chi connectivity index (χ3n) is 3.60. The lowest BCUT2D eigenvalue weighted by molar-refractivity contribution is 0.264. The smallest absolute Gasteiger partial charge is 0.0576 e. The summed E-state index contributed by atoms with van der Waals surface area (Å²) >= 11 is 0. The predicted octanol–water partition coefficient (Wildman–Crippen LogP) is 2.34. The van der Waals surface area contributed by atoms with Crippen molar-refractivity contribution in [2.24, 2.45) is 0 Å². The highest BCUT2D eigenvalue weighted by Crippen LogP contribution is 2.23. The van der Waals surface area contributed by atoms with E-state index in [2.05, 4.69) is 42.4 Å². The van der Waals surface area contributed by atoms with E-state index in [1.165, 1.54) is 31.5 Å². The van der Waals surface area contributed by atoms with Crippen molar-refractivity contribution in [3.8, 4) is 0 Å². The summed E-state index contributed by atoms with van der Waals surface area (Å²) in [6.45, 7) is 4.49. The summed E-state index contributed by atoms with van der Waals surface area (Å²) in [5, 5.41) is 3.57. The van der Waals surface area contributed by atoms with Gasteiger partial charge in [0.25, 0.3) is 0 Å². The van der Waals surface area contributed by atoms with Gasteiger partial charge >= 0.3 is 0 Å². The van der Waals surface area contributed by atoms with E-state index in [-0.39, 0.29) is 0 Å². The van der Waals surface area contributed by atoms with E-state index in [4.69, 9.17) is 5.73 Å². The second-order valence-electron chi connectivity index (χ2n) is 5.00. The van der Waals surface area contributed by atoms with Crippen LogP contribution in [0.25, 0.3) is 0 Å². The van der Waals surface area contributed by atoms with E-state index >= 15 is 0 Å². The zero-order chi connectivity index (χ0) is 12.3. The third kappa shape index (κ3) is 3.13. The molecular formula is C14H23N3. The Labute approximate surface area is 104 Å². The van der Waals surface area contributed by atoms with Crippen LogP contribution in [0.15, 0.2) is 18.2 Å². The van der Waals surface area contributed by atoms with Crippen LogP contribution in [0.1, 0.15) is 25.3 Å². The quantitative estimate of drug-likeness (QED) is 0.787. The average Bonchev–Trinajstić information content (AvgIpc) is 2.34. The standard InChI is InChI=1S/C14H23N3/c1-3-11-4-5-14(13(15)10-11)16-12-6-8-17(2)9-7-12/h4-5,10,12,16H,3,6-9,15H2,1-2H3. The lowest BCUT2D eigenvalue weighted by Gasteiger charge is -2.30. The first-order valence-electron chi connectivity index (χ1n) is 6.52. The SMILES string of the molecule is CCc1ccc(NC2CCN(C)CC2)c(N)c1. The van der Waals surface area contributed by atoms with Crippen molar-refractivity contribution in [3.63, 3.8) is 0 Å². The van der Waals surface area contributed by atoms with Gasteiger partial charge in [-0.2, -0.15) is 0 Å². The summed E-state index contributed by atoms with van der Waals surface area (Å²) < 4.78 is 0. The number of anilines is 2. The van der Waals surface area contributed by atoms with Gasteiger partial charge in [-0.25, -0.2) is 0 Å². The maximum Gasteiger partial charge on any atom is 0.0576 e. The maximum atomic E-state index is 6.07. The van der Waals surface area contributed by atoms with Gasteiger partial charge < -0.3 is 16.0 Å². The van der Waals surface area contributed by atoms with Gasteiger partial charge in [-0.3, -0.25) is 0 Å². The number of likely N-dealkylation sites (tertiary alicyclic amines) is 1. The van der Waals surface area contributed by atoms with Crippen molar-refractivity contribution in [3.05, 3.63) is 23.8 Å². The minimum Gasteiger partial charge on any atom is -0.397 e. The van der Waals surface area contributed by atoms with Crippen molar-refractivity contribution >= 4 is 11.4 Å². The predicted molar refractivity (Wildman–Crippen MR) is 74.4 cm³/mol. The van der Waals surface area contributed by atoms with Crippen molar-refractivity contribution in [1.82, 2.24) is 4.90 Å². The molecule has 0 aliphatic carbocycles. The van der Waals surface area contributed by atoms with Crippen LogP contribution in [0.4, 0.5) is 11.4 Å². The number of aryl methyl sites for hydroxylation is 1. The fourth-order valence-electron chi connectivity index (χ4n) is 2.34. The van der Waals surface area contributed by atoms with E-state index in [0.717, 1.165) is 17.8 Å². The van der Waals surface area contributed by atoms with Crippen molar-refractivity contribution < 1.29 is 0 Å². The number of rotatable bonds is 3. The summed E-state index contributed by atoms with van der Waals surface area (Å²) in [5.74, 6) is 0. The van der Waals surface area contributed by atoms with E-state index in [9.17, 15) is 0 Å². The first kappa shape index (κ1) is 12.2. The van der Waals surface area contributed by atoms with E-state index in [1.807, 2.05) is 0 Å². The molecule has 0 saturated carbocycles. The maximum absolute atomic E-state index is 6.07. The molecule has 1 aromatic rings. The molecule has 1 aliphatic heterocycles. The summed E-state index contributed by atoms with van der Waals surface area (Å²) in [7, 11) is 2.18. The van der Waals surface area contributed by atoms with Crippen LogP contribution >= 0.6 is 0 Å². The highest BCUT2D eigenvalue weighted by Gasteiger charge is 2.16. The van der Waals surface area contributed by atoms with Crippen LogP contribution in [-0.2, 0) is 6.42 Å². The Bertz CT molecular complexity index is 368. The van der Waals surface area contributed by atoms with Gasteiger partial charge in [0.05, 0.1) is 11.4 Å². The molecule has 1 aromatic carbocycles. The van der Waals surface area contributed by atoms with E-state index < -0.39 is 0 Å². The lowest BCUT2D eigenvalue weighted by Crippen LogP contribution is -2.36. The van der Waals surface area contributed by atoms with Gasteiger partial charge in [-0.05, 0) is 57.1 Å². The van der Waals surface area contributed by atoms with Crippen molar-refractivity contribution in [2.45, 2.75) is 32.2 Å². The zero-order valence-electron chi connectivity index (χ0n) is 10.9. The highest BCUT2D eigenvalue weighted by molar-refractivity contribution is 5.67. The number of piperidine rings is 1. The largest absolute Gasteiger partial charge is 0.397 e. The number of nitrogens with one attached hydrogen (secondary N) is 1. The molecule has 3 heteroatoms. The number of hydrogen-bond donors (Lipinski definition) is 2. The second-order valence-corrected chi connectivity index (χ2v) is 5.00. The van der Waals surface area contributed by atoms with E-state index in [0.29, 0.717) is 6.04 Å². The summed E-state index contributed by atoms with van der Waals surface area (Å²) in [6.07, 6.45) is 3.44. The van der Waals surface area contributed by atoms with Gasteiger partial charge in [0, 0.05) is 6.04 Å². The Balaban J connectivity index is 1.99. The molecule has 1 heterocycles. The Hall–Kier alpha value is -1.22. The molecule has 3 N–H and O–H groups in total. The zero-order valence-corrected chi connectivity index (χ0v) is 10.9. The molecule has 0 radical (unpaired) electrons. The molecule has 94 valence electrons. The molecule has 3 nitrogen and oxygen atoms in total. The van der Waals surface area contributed by atoms with Crippen LogP contribution in [-0.4, -0.2) is 31.1 Å². The Morgan fingerprint density at radius 1 is 1.35 bits per heavy atom. The number of hydrogen-bond acceptors (Lipinski definition) is 3. The minimum atomic E-state index is 0.570. The lowest BCUT2D eigenvalue weighted by atomic mass is 10.0. The molecule has 0 spiro atoms. The molecule has 1 fully saturated rings. The van der Waals surface area contributed by atoms with Gasteiger partial charge in [-0.15, -0.1) is 0 Å². The van der Waals surface area contributed by atoms with Crippen LogP contribution < -0.4 is 11.1 Å². The first-order chi connectivity index (χ1) is 8.19. The van der Waals surface area contributed by atoms with Crippen LogP contribution in [0.5, 0.6) is 0 Å². The molecule has 1 saturated heterocycles. The molecule has 0 bridgehead atoms. The molecule has 17 heavy (non-hydrogen) atoms. The third-order valence-corrected chi connectivity index (χ3v) is 3.60. The first-order valence-corrected chi connectivity index (χ1v) is 6.52. The van der Waals surface area contributed by atoms with Crippen molar-refractivity contribution in [2.75, 3.05) is 31.2 Å². The fraction of sp³-hybridized carbons (Fsp3) is 0.571. The Kier molecular flexibility index (Phi) is 3.89. The molecule has 0 unspecified atom stereocenters. The number of nitrogens with two attached hydrogens (primary N) is 1. The van der Waals surface area contributed by atoms with Crippen LogP contribution in [0.3, 0.4) is 0 Å². The van der Waals surface area contributed by atoms with E-state index in [1.54, 1.807) is 0 Å². The second kappa shape index (κ2) is 5.41. The van der Waals surface area contributed by atoms with Crippen LogP contribution in [0.2, 0.25) is 0 Å². The van der Waals surface area contributed by atoms with Gasteiger partial charge in [-0.1, -0.05) is 13.0 Å². The number of nitrogen functional groups attached to an aromatic ring is 1. The number of nitrogens with zero attached hydrogens (tertiary/aromatic N) is 1. The minimum absolute atomic E-state index is 0.570. The van der Waals surface area contributed by atoms with Crippen LogP contribution in [0, 0.1) is 0 Å². The molecule has 0 amide bonds. The summed E-state index contributed by atoms with van der Waals surface area (Å²) in [5.41, 5.74) is 9.34. The molecule has 0 atom stereocenters.